The van der Waals surface area contributed by atoms with Crippen molar-refractivity contribution >= 4 is 43.3 Å². The molecular formula is C21H23N5O5S2. The number of aromatic nitrogens is 2. The van der Waals surface area contributed by atoms with E-state index in [4.69, 9.17) is 0 Å². The molecule has 1 aromatic heterocycles. The van der Waals surface area contributed by atoms with Gasteiger partial charge >= 0.3 is 0 Å². The van der Waals surface area contributed by atoms with Crippen molar-refractivity contribution in [1.82, 2.24) is 9.97 Å². The number of hydrogen-bond acceptors (Lipinski definition) is 7. The van der Waals surface area contributed by atoms with Gasteiger partial charge in [0, 0.05) is 18.1 Å². The molecule has 0 aliphatic rings. The third-order valence-corrected chi connectivity index (χ3v) is 7.19. The van der Waals surface area contributed by atoms with Gasteiger partial charge in [0.25, 0.3) is 10.0 Å². The highest BCUT2D eigenvalue weighted by atomic mass is 32.2. The van der Waals surface area contributed by atoms with Crippen molar-refractivity contribution in [3.8, 4) is 0 Å². The number of sulfonamides is 2. The fourth-order valence-electron chi connectivity index (χ4n) is 3.00. The predicted molar refractivity (Wildman–Crippen MR) is 126 cm³/mol. The van der Waals surface area contributed by atoms with E-state index in [9.17, 15) is 21.6 Å². The quantitative estimate of drug-likeness (QED) is 0.495. The number of nitrogens with zero attached hydrogens (tertiary/aromatic N) is 3. The molecule has 0 saturated heterocycles. The lowest BCUT2D eigenvalue weighted by atomic mass is 10.2. The SMILES string of the molecule is Cc1ccc(N([C@@H](C)C(=O)Nc2ccc(S(=O)(=O)Nc3ncccn3)cc2)S(C)(=O)=O)cc1. The fraction of sp³-hybridized carbons (Fsp3) is 0.190. The zero-order valence-electron chi connectivity index (χ0n) is 18.1. The molecular weight excluding hydrogens is 466 g/mol. The number of carbonyl (C=O) groups excluding carboxylic acids is 1. The first-order chi connectivity index (χ1) is 15.5. The van der Waals surface area contributed by atoms with E-state index in [-0.39, 0.29) is 10.8 Å². The van der Waals surface area contributed by atoms with E-state index >= 15 is 0 Å². The van der Waals surface area contributed by atoms with Gasteiger partial charge in [-0.15, -0.1) is 0 Å². The Morgan fingerprint density at radius 1 is 0.939 bits per heavy atom. The number of carbonyl (C=O) groups is 1. The van der Waals surface area contributed by atoms with Gasteiger partial charge < -0.3 is 5.32 Å². The van der Waals surface area contributed by atoms with Crippen molar-refractivity contribution in [2.45, 2.75) is 24.8 Å². The van der Waals surface area contributed by atoms with Crippen LogP contribution in [-0.2, 0) is 24.8 Å². The van der Waals surface area contributed by atoms with Gasteiger partial charge in [0.15, 0.2) is 0 Å². The lowest BCUT2D eigenvalue weighted by Crippen LogP contribution is -2.45. The van der Waals surface area contributed by atoms with Crippen molar-refractivity contribution in [3.05, 3.63) is 72.6 Å². The summed E-state index contributed by atoms with van der Waals surface area (Å²) in [7, 11) is -7.67. The largest absolute Gasteiger partial charge is 0.324 e. The third-order valence-electron chi connectivity index (χ3n) is 4.60. The Morgan fingerprint density at radius 3 is 2.06 bits per heavy atom. The molecule has 0 bridgehead atoms. The monoisotopic (exact) mass is 489 g/mol. The van der Waals surface area contributed by atoms with Crippen LogP contribution in [0.5, 0.6) is 0 Å². The second kappa shape index (κ2) is 9.55. The van der Waals surface area contributed by atoms with E-state index in [0.717, 1.165) is 16.1 Å². The number of anilines is 3. The summed E-state index contributed by atoms with van der Waals surface area (Å²) >= 11 is 0. The van der Waals surface area contributed by atoms with Crippen molar-refractivity contribution in [2.75, 3.05) is 20.6 Å². The van der Waals surface area contributed by atoms with Gasteiger partial charge in [-0.25, -0.2) is 31.5 Å². The van der Waals surface area contributed by atoms with Crippen molar-refractivity contribution in [2.24, 2.45) is 0 Å². The lowest BCUT2D eigenvalue weighted by Gasteiger charge is -2.28. The number of rotatable bonds is 8. The zero-order valence-corrected chi connectivity index (χ0v) is 19.8. The number of hydrogen-bond donors (Lipinski definition) is 2. The number of aryl methyl sites for hydroxylation is 1. The van der Waals surface area contributed by atoms with Crippen LogP contribution < -0.4 is 14.3 Å². The molecule has 1 atom stereocenters. The van der Waals surface area contributed by atoms with Gasteiger partial charge in [0.1, 0.15) is 6.04 Å². The van der Waals surface area contributed by atoms with Crippen LogP contribution in [0.15, 0.2) is 71.9 Å². The highest BCUT2D eigenvalue weighted by Crippen LogP contribution is 2.23. The van der Waals surface area contributed by atoms with Gasteiger partial charge in [-0.2, -0.15) is 0 Å². The summed E-state index contributed by atoms with van der Waals surface area (Å²) < 4.78 is 53.0. The van der Waals surface area contributed by atoms with Crippen molar-refractivity contribution in [1.29, 1.82) is 0 Å². The molecule has 3 aromatic rings. The number of benzene rings is 2. The summed E-state index contributed by atoms with van der Waals surface area (Å²) in [4.78, 5) is 20.4. The molecule has 174 valence electrons. The first kappa shape index (κ1) is 24.1. The molecule has 33 heavy (non-hydrogen) atoms. The molecule has 0 aliphatic heterocycles. The third kappa shape index (κ3) is 6.05. The van der Waals surface area contributed by atoms with E-state index in [2.05, 4.69) is 20.0 Å². The summed E-state index contributed by atoms with van der Waals surface area (Å²) in [6.45, 7) is 3.34. The Hall–Kier alpha value is -3.51. The molecule has 12 heteroatoms. The minimum absolute atomic E-state index is 0.0570. The van der Waals surface area contributed by atoms with Crippen molar-refractivity contribution < 1.29 is 21.6 Å². The molecule has 1 heterocycles. The predicted octanol–water partition coefficient (Wildman–Crippen LogP) is 2.38. The molecule has 3 rings (SSSR count). The summed E-state index contributed by atoms with van der Waals surface area (Å²) in [5, 5.41) is 2.62. The number of amides is 1. The molecule has 0 saturated carbocycles. The molecule has 2 aromatic carbocycles. The van der Waals surface area contributed by atoms with Crippen LogP contribution in [0.3, 0.4) is 0 Å². The van der Waals surface area contributed by atoms with Gasteiger partial charge in [0.2, 0.25) is 21.9 Å². The molecule has 0 radical (unpaired) electrons. The van der Waals surface area contributed by atoms with E-state index in [1.54, 1.807) is 30.3 Å². The Bertz CT molecular complexity index is 1330. The topological polar surface area (TPSA) is 138 Å². The Labute approximate surface area is 192 Å². The lowest BCUT2D eigenvalue weighted by molar-refractivity contribution is -0.116. The van der Waals surface area contributed by atoms with E-state index in [0.29, 0.717) is 11.4 Å². The van der Waals surface area contributed by atoms with Crippen LogP contribution in [-0.4, -0.2) is 45.0 Å². The fourth-order valence-corrected chi connectivity index (χ4v) is 5.13. The smallest absolute Gasteiger partial charge is 0.264 e. The van der Waals surface area contributed by atoms with Crippen molar-refractivity contribution in [3.63, 3.8) is 0 Å². The van der Waals surface area contributed by atoms with Crippen LogP contribution in [0.1, 0.15) is 12.5 Å². The van der Waals surface area contributed by atoms with Crippen LogP contribution in [0.25, 0.3) is 0 Å². The highest BCUT2D eigenvalue weighted by Gasteiger charge is 2.29. The second-order valence-corrected chi connectivity index (χ2v) is 10.8. The Balaban J connectivity index is 1.76. The molecule has 0 unspecified atom stereocenters. The molecule has 2 N–H and O–H groups in total. The van der Waals surface area contributed by atoms with Crippen LogP contribution in [0.4, 0.5) is 17.3 Å². The molecule has 1 amide bonds. The van der Waals surface area contributed by atoms with Crippen LogP contribution >= 0.6 is 0 Å². The minimum atomic E-state index is -3.92. The minimum Gasteiger partial charge on any atom is -0.324 e. The summed E-state index contributed by atoms with van der Waals surface area (Å²) in [5.74, 6) is -0.645. The second-order valence-electron chi connectivity index (χ2n) is 7.26. The molecule has 10 nitrogen and oxygen atoms in total. The van der Waals surface area contributed by atoms with Gasteiger partial charge in [-0.05, 0) is 56.3 Å². The maximum absolute atomic E-state index is 12.8. The first-order valence-corrected chi connectivity index (χ1v) is 13.1. The van der Waals surface area contributed by atoms with Crippen LogP contribution in [0.2, 0.25) is 0 Å². The zero-order chi connectivity index (χ0) is 24.2. The van der Waals surface area contributed by atoms with Gasteiger partial charge in [-0.1, -0.05) is 17.7 Å². The standard InChI is InChI=1S/C21H23N5O5S2/c1-15-5-9-18(10-6-15)26(32(3,28)29)16(2)20(27)24-17-7-11-19(12-8-17)33(30,31)25-21-22-13-4-14-23-21/h4-14,16H,1-3H3,(H,24,27)(H,22,23,25)/t16-/m0/s1. The summed E-state index contributed by atoms with van der Waals surface area (Å²) in [5.41, 5.74) is 1.62. The van der Waals surface area contributed by atoms with Gasteiger partial charge in [0.05, 0.1) is 16.8 Å². The summed E-state index contributed by atoms with van der Waals surface area (Å²) in [6, 6.07) is 12.7. The van der Waals surface area contributed by atoms with E-state index in [1.807, 2.05) is 6.92 Å². The average Bonchev–Trinajstić information content (AvgIpc) is 2.75. The van der Waals surface area contributed by atoms with Crippen LogP contribution in [0, 0.1) is 6.92 Å². The molecule has 0 fully saturated rings. The van der Waals surface area contributed by atoms with E-state index < -0.39 is 32.0 Å². The van der Waals surface area contributed by atoms with E-state index in [1.165, 1.54) is 43.6 Å². The summed E-state index contributed by atoms with van der Waals surface area (Å²) in [6.07, 6.45) is 3.84. The Morgan fingerprint density at radius 2 is 1.52 bits per heavy atom. The molecule has 0 aliphatic carbocycles. The maximum atomic E-state index is 12.8. The molecule has 0 spiro atoms. The average molecular weight is 490 g/mol. The Kier molecular flexibility index (Phi) is 6.98. The number of nitrogens with one attached hydrogen (secondary N) is 2. The first-order valence-electron chi connectivity index (χ1n) is 9.74. The highest BCUT2D eigenvalue weighted by molar-refractivity contribution is 7.92. The maximum Gasteiger partial charge on any atom is 0.264 e. The van der Waals surface area contributed by atoms with Gasteiger partial charge in [-0.3, -0.25) is 9.10 Å². The normalized spacial score (nSPS) is 12.6.